The second-order valence-electron chi connectivity index (χ2n) is 8.61. The van der Waals surface area contributed by atoms with Crippen molar-refractivity contribution in [2.24, 2.45) is 5.92 Å². The Hall–Kier alpha value is -2.53. The first-order valence-electron chi connectivity index (χ1n) is 11.4. The second-order valence-corrected chi connectivity index (χ2v) is 8.61. The van der Waals surface area contributed by atoms with Crippen LogP contribution in [0.4, 0.5) is 0 Å². The summed E-state index contributed by atoms with van der Waals surface area (Å²) in [7, 11) is 2.02. The van der Waals surface area contributed by atoms with Crippen molar-refractivity contribution in [3.63, 3.8) is 0 Å². The van der Waals surface area contributed by atoms with Crippen LogP contribution in [-0.2, 0) is 27.3 Å². The highest BCUT2D eigenvalue weighted by Gasteiger charge is 2.31. The highest BCUT2D eigenvalue weighted by Crippen LogP contribution is 2.20. The van der Waals surface area contributed by atoms with Crippen LogP contribution in [0, 0.1) is 5.92 Å². The number of likely N-dealkylation sites (N-methyl/N-ethyl adjacent to an activating group) is 1. The minimum absolute atomic E-state index is 0.00807. The predicted molar refractivity (Wildman–Crippen MR) is 115 cm³/mol. The van der Waals surface area contributed by atoms with Crippen LogP contribution in [0.25, 0.3) is 0 Å². The number of rotatable bonds is 3. The van der Waals surface area contributed by atoms with Gasteiger partial charge in [-0.05, 0) is 32.7 Å². The fourth-order valence-electron chi connectivity index (χ4n) is 4.68. The van der Waals surface area contributed by atoms with Crippen LogP contribution in [0.15, 0.2) is 0 Å². The molecule has 3 aliphatic rings. The molecule has 2 amide bonds. The van der Waals surface area contributed by atoms with E-state index in [1.165, 1.54) is 0 Å². The van der Waals surface area contributed by atoms with Crippen molar-refractivity contribution in [2.45, 2.75) is 51.1 Å². The molecule has 0 aromatic carbocycles. The summed E-state index contributed by atoms with van der Waals surface area (Å²) < 4.78 is 7.34. The fraction of sp³-hybridized carbons (Fsp3) is 0.762. The largest absolute Gasteiger partial charge is 0.483 e. The molecule has 4 heterocycles. The number of morpholine rings is 1. The number of aryl methyl sites for hydroxylation is 1. The van der Waals surface area contributed by atoms with Gasteiger partial charge in [-0.15, -0.1) is 10.2 Å². The van der Waals surface area contributed by atoms with Crippen LogP contribution < -0.4 is 5.32 Å². The summed E-state index contributed by atoms with van der Waals surface area (Å²) in [5, 5.41) is 18.4. The van der Waals surface area contributed by atoms with Crippen molar-refractivity contribution in [1.29, 1.82) is 0 Å². The van der Waals surface area contributed by atoms with Gasteiger partial charge in [-0.2, -0.15) is 0 Å². The van der Waals surface area contributed by atoms with Gasteiger partial charge in [0.25, 0.3) is 12.4 Å². The van der Waals surface area contributed by atoms with Crippen molar-refractivity contribution in [1.82, 2.24) is 29.9 Å². The van der Waals surface area contributed by atoms with Crippen LogP contribution in [-0.4, -0.2) is 100 Å². The number of likely N-dealkylation sites (tertiary alicyclic amines) is 1. The Morgan fingerprint density at radius 1 is 1.09 bits per heavy atom. The molecule has 0 aliphatic carbocycles. The third-order valence-electron chi connectivity index (χ3n) is 6.25. The minimum atomic E-state index is -0.250. The van der Waals surface area contributed by atoms with Crippen LogP contribution >= 0.6 is 0 Å². The maximum absolute atomic E-state index is 12.9. The quantitative estimate of drug-likeness (QED) is 0.616. The monoisotopic (exact) mass is 450 g/mol. The molecule has 2 atom stereocenters. The van der Waals surface area contributed by atoms with Crippen molar-refractivity contribution < 1.29 is 24.2 Å². The number of carboxylic acid groups (broad SMARTS) is 1. The summed E-state index contributed by atoms with van der Waals surface area (Å²) in [6, 6.07) is 0.00807. The lowest BCUT2D eigenvalue weighted by Gasteiger charge is -2.31. The molecule has 4 rings (SSSR count). The maximum atomic E-state index is 12.9. The zero-order valence-corrected chi connectivity index (χ0v) is 18.7. The van der Waals surface area contributed by atoms with Crippen LogP contribution in [0.1, 0.15) is 48.5 Å². The van der Waals surface area contributed by atoms with Gasteiger partial charge in [0.05, 0.1) is 19.1 Å². The fourth-order valence-corrected chi connectivity index (χ4v) is 4.68. The lowest BCUT2D eigenvalue weighted by molar-refractivity contribution is -0.140. The summed E-state index contributed by atoms with van der Waals surface area (Å²) in [6.07, 6.45) is 5.78. The molecule has 0 unspecified atom stereocenters. The molecule has 1 aromatic rings. The van der Waals surface area contributed by atoms with Gasteiger partial charge < -0.3 is 29.5 Å². The summed E-state index contributed by atoms with van der Waals surface area (Å²) >= 11 is 0. The lowest BCUT2D eigenvalue weighted by Crippen LogP contribution is -2.46. The summed E-state index contributed by atoms with van der Waals surface area (Å²) in [5.74, 6) is 1.39. The van der Waals surface area contributed by atoms with Crippen molar-refractivity contribution in [3.05, 3.63) is 11.6 Å². The van der Waals surface area contributed by atoms with E-state index < -0.39 is 0 Å². The van der Waals surface area contributed by atoms with E-state index in [0.717, 1.165) is 64.0 Å². The molecule has 11 heteroatoms. The molecule has 0 saturated carbocycles. The van der Waals surface area contributed by atoms with E-state index in [4.69, 9.17) is 14.6 Å². The lowest BCUT2D eigenvalue weighted by atomic mass is 10.00. The smallest absolute Gasteiger partial charge is 0.290 e. The zero-order valence-electron chi connectivity index (χ0n) is 18.7. The molecule has 32 heavy (non-hydrogen) atoms. The average Bonchev–Trinajstić information content (AvgIpc) is 2.93. The van der Waals surface area contributed by atoms with Gasteiger partial charge in [0.15, 0.2) is 0 Å². The molecule has 1 aromatic heterocycles. The number of carbonyl (C=O) groups is 3. The molecule has 2 N–H and O–H groups in total. The molecule has 3 aliphatic heterocycles. The molecule has 0 bridgehead atoms. The zero-order chi connectivity index (χ0) is 22.9. The Morgan fingerprint density at radius 3 is 2.59 bits per heavy atom. The Morgan fingerprint density at radius 2 is 1.84 bits per heavy atom. The summed E-state index contributed by atoms with van der Waals surface area (Å²) in [4.78, 5) is 38.2. The highest BCUT2D eigenvalue weighted by atomic mass is 16.5. The van der Waals surface area contributed by atoms with Gasteiger partial charge in [0.2, 0.25) is 11.7 Å². The van der Waals surface area contributed by atoms with Crippen molar-refractivity contribution >= 4 is 18.3 Å². The molecule has 178 valence electrons. The van der Waals surface area contributed by atoms with E-state index in [1.807, 2.05) is 16.5 Å². The molecule has 2 fully saturated rings. The van der Waals surface area contributed by atoms with Gasteiger partial charge in [-0.1, -0.05) is 6.42 Å². The topological polar surface area (TPSA) is 130 Å². The van der Waals surface area contributed by atoms with Gasteiger partial charge in [0.1, 0.15) is 5.82 Å². The normalized spacial score (nSPS) is 24.2. The summed E-state index contributed by atoms with van der Waals surface area (Å²) in [6.45, 7) is 4.62. The second kappa shape index (κ2) is 11.9. The number of fused-ring (bicyclic) bond motifs is 1. The Kier molecular flexibility index (Phi) is 8.98. The number of carbonyl (C=O) groups excluding carboxylic acids is 2. The minimum Gasteiger partial charge on any atom is -0.483 e. The number of amides is 2. The first-order valence-corrected chi connectivity index (χ1v) is 11.4. The molecule has 2 saturated heterocycles. The molecular weight excluding hydrogens is 416 g/mol. The van der Waals surface area contributed by atoms with E-state index >= 15 is 0 Å². The van der Waals surface area contributed by atoms with Crippen molar-refractivity contribution in [3.8, 4) is 0 Å². The van der Waals surface area contributed by atoms with Crippen LogP contribution in [0.3, 0.4) is 0 Å². The van der Waals surface area contributed by atoms with Gasteiger partial charge in [-0.25, -0.2) is 0 Å². The average molecular weight is 451 g/mol. The van der Waals surface area contributed by atoms with Crippen LogP contribution in [0.2, 0.25) is 0 Å². The first-order chi connectivity index (χ1) is 15.5. The molecular formula is C21H34N6O5. The Bertz CT molecular complexity index is 779. The molecule has 11 nitrogen and oxygen atoms in total. The number of nitrogens with zero attached hydrogens (tertiary/aromatic N) is 5. The van der Waals surface area contributed by atoms with Gasteiger partial charge >= 0.3 is 0 Å². The standard InChI is InChI=1S/C20H32N6O3.CH2O2/c1-24-13-15(20(28)25-9-11-29-12-10-25)6-7-16(14-24)21-19(27)18-23-22-17-5-3-2-4-8-26(17)18;2-1-3/h15-16H,2-14H2,1H3,(H,21,27);1H,(H,2,3)/t15-,16+;/m1./s1. The third kappa shape index (κ3) is 6.26. The van der Waals surface area contributed by atoms with Gasteiger partial charge in [0, 0.05) is 45.2 Å². The van der Waals surface area contributed by atoms with Crippen LogP contribution in [0.5, 0.6) is 0 Å². The SMILES string of the molecule is CN1C[C@@H](NC(=O)c2nnc3n2CCCCC3)CC[C@@H](C(=O)N2CCOCC2)C1.O=CO. The van der Waals surface area contributed by atoms with E-state index in [9.17, 15) is 9.59 Å². The number of ether oxygens (including phenoxy) is 1. The number of hydrogen-bond acceptors (Lipinski definition) is 7. The van der Waals surface area contributed by atoms with E-state index in [2.05, 4.69) is 20.4 Å². The first kappa shape index (κ1) is 24.1. The van der Waals surface area contributed by atoms with Gasteiger partial charge in [-0.3, -0.25) is 14.4 Å². The Labute approximate surface area is 188 Å². The number of aromatic nitrogens is 3. The van der Waals surface area contributed by atoms with E-state index in [0.29, 0.717) is 32.1 Å². The number of nitrogens with one attached hydrogen (secondary N) is 1. The molecule has 0 spiro atoms. The predicted octanol–water partition coefficient (Wildman–Crippen LogP) is 0.00430. The summed E-state index contributed by atoms with van der Waals surface area (Å²) in [5.41, 5.74) is 0. The number of hydrogen-bond donors (Lipinski definition) is 2. The van der Waals surface area contributed by atoms with E-state index in [-0.39, 0.29) is 30.2 Å². The Balaban J connectivity index is 0.000000913. The third-order valence-corrected chi connectivity index (χ3v) is 6.25. The highest BCUT2D eigenvalue weighted by molar-refractivity contribution is 5.91. The van der Waals surface area contributed by atoms with Crippen molar-refractivity contribution in [2.75, 3.05) is 46.4 Å². The van der Waals surface area contributed by atoms with E-state index in [1.54, 1.807) is 0 Å². The molecule has 0 radical (unpaired) electrons. The maximum Gasteiger partial charge on any atom is 0.290 e.